The molecule has 0 aliphatic carbocycles. The van der Waals surface area contributed by atoms with Crippen molar-refractivity contribution in [2.24, 2.45) is 0 Å². The van der Waals surface area contributed by atoms with Crippen molar-refractivity contribution < 1.29 is 23.3 Å². The second-order valence-electron chi connectivity index (χ2n) is 9.91. The van der Waals surface area contributed by atoms with E-state index in [4.69, 9.17) is 18.5 Å². The van der Waals surface area contributed by atoms with Gasteiger partial charge in [-0.15, -0.1) is 0 Å². The summed E-state index contributed by atoms with van der Waals surface area (Å²) >= 11 is 0. The molecule has 1 aliphatic rings. The highest BCUT2D eigenvalue weighted by atomic mass is 28.4. The Labute approximate surface area is 155 Å². The Morgan fingerprint density at radius 3 is 1.96 bits per heavy atom. The first-order valence-corrected chi connectivity index (χ1v) is 12.7. The topological polar surface area (TPSA) is 54.0 Å². The average Bonchev–Trinajstić information content (AvgIpc) is 2.50. The quantitative estimate of drug-likeness (QED) is 0.489. The first-order chi connectivity index (χ1) is 11.0. The average molecular weight is 372 g/mol. The van der Waals surface area contributed by atoms with Gasteiger partial charge in [-0.25, -0.2) is 0 Å². The summed E-state index contributed by atoms with van der Waals surface area (Å²) in [6.45, 7) is 20.2. The lowest BCUT2D eigenvalue weighted by Crippen LogP contribution is -2.41. The third kappa shape index (κ3) is 7.81. The molecule has 7 heteroatoms. The van der Waals surface area contributed by atoms with Gasteiger partial charge < -0.3 is 18.5 Å². The molecule has 1 heterocycles. The van der Waals surface area contributed by atoms with Crippen LogP contribution in [0.3, 0.4) is 0 Å². The van der Waals surface area contributed by atoms with Crippen molar-refractivity contribution in [3.05, 3.63) is 0 Å². The van der Waals surface area contributed by atoms with Crippen LogP contribution in [0.4, 0.5) is 0 Å². The van der Waals surface area contributed by atoms with Gasteiger partial charge in [0, 0.05) is 0 Å². The monoisotopic (exact) mass is 372 g/mol. The molecule has 0 N–H and O–H groups in total. The maximum atomic E-state index is 12.2. The number of rotatable bonds is 7. The standard InChI is InChI=1S/C18H37BO5Si/c1-16(2,3)21-15(20)13-14(22-25(8,9)10)11-12-19-23-17(4,5)18(6,7)24-19/h14H,11-13H2,1-10H3/t14-/m0/s1. The predicted octanol–water partition coefficient (Wildman–Crippen LogP) is 4.42. The summed E-state index contributed by atoms with van der Waals surface area (Å²) in [7, 11) is -2.04. The van der Waals surface area contributed by atoms with Gasteiger partial charge in [0.05, 0.1) is 23.7 Å². The van der Waals surface area contributed by atoms with Crippen LogP contribution >= 0.6 is 0 Å². The highest BCUT2D eigenvalue weighted by molar-refractivity contribution is 6.69. The molecule has 0 aromatic carbocycles. The van der Waals surface area contributed by atoms with E-state index in [2.05, 4.69) is 19.6 Å². The van der Waals surface area contributed by atoms with Crippen LogP contribution in [0.15, 0.2) is 0 Å². The molecule has 0 spiro atoms. The third-order valence-corrected chi connectivity index (χ3v) is 5.40. The van der Waals surface area contributed by atoms with E-state index in [1.54, 1.807) is 0 Å². The van der Waals surface area contributed by atoms with Crippen LogP contribution in [0.1, 0.15) is 61.3 Å². The molecule has 0 amide bonds. The van der Waals surface area contributed by atoms with E-state index in [1.807, 2.05) is 48.5 Å². The zero-order chi connectivity index (χ0) is 19.7. The number of carbonyl (C=O) groups is 1. The minimum Gasteiger partial charge on any atom is -0.460 e. The van der Waals surface area contributed by atoms with Crippen molar-refractivity contribution in [2.75, 3.05) is 0 Å². The zero-order valence-corrected chi connectivity index (χ0v) is 18.8. The van der Waals surface area contributed by atoms with E-state index in [0.29, 0.717) is 12.7 Å². The van der Waals surface area contributed by atoms with Crippen LogP contribution < -0.4 is 0 Å². The fourth-order valence-corrected chi connectivity index (χ4v) is 3.88. The molecule has 0 radical (unpaired) electrons. The van der Waals surface area contributed by atoms with Crippen molar-refractivity contribution in [2.45, 2.75) is 110 Å². The van der Waals surface area contributed by atoms with Gasteiger partial charge in [0.25, 0.3) is 0 Å². The molecule has 0 saturated carbocycles. The zero-order valence-electron chi connectivity index (χ0n) is 17.8. The number of esters is 1. The Morgan fingerprint density at radius 2 is 1.56 bits per heavy atom. The number of hydrogen-bond acceptors (Lipinski definition) is 5. The van der Waals surface area contributed by atoms with E-state index >= 15 is 0 Å². The molecule has 1 rings (SSSR count). The summed E-state index contributed by atoms with van der Waals surface area (Å²) in [4.78, 5) is 12.2. The molecule has 1 atom stereocenters. The lowest BCUT2D eigenvalue weighted by molar-refractivity contribution is -0.156. The van der Waals surface area contributed by atoms with Crippen molar-refractivity contribution in [3.63, 3.8) is 0 Å². The van der Waals surface area contributed by atoms with Crippen LogP contribution in [0.25, 0.3) is 0 Å². The minimum atomic E-state index is -1.77. The Morgan fingerprint density at radius 1 is 1.08 bits per heavy atom. The Balaban J connectivity index is 2.65. The van der Waals surface area contributed by atoms with Crippen LogP contribution in [0.5, 0.6) is 0 Å². The Hall–Kier alpha value is -0.368. The molecular formula is C18H37BO5Si. The first-order valence-electron chi connectivity index (χ1n) is 9.26. The third-order valence-electron chi connectivity index (χ3n) is 4.36. The molecule has 5 nitrogen and oxygen atoms in total. The van der Waals surface area contributed by atoms with E-state index in [1.165, 1.54) is 0 Å². The van der Waals surface area contributed by atoms with Gasteiger partial charge in [-0.2, -0.15) is 0 Å². The summed E-state index contributed by atoms with van der Waals surface area (Å²) in [6, 6.07) is 0. The van der Waals surface area contributed by atoms with Gasteiger partial charge in [0.1, 0.15) is 5.60 Å². The van der Waals surface area contributed by atoms with Crippen molar-refractivity contribution >= 4 is 21.4 Å². The van der Waals surface area contributed by atoms with Gasteiger partial charge >= 0.3 is 13.1 Å². The first kappa shape index (κ1) is 22.7. The number of ether oxygens (including phenoxy) is 1. The fraction of sp³-hybridized carbons (Fsp3) is 0.944. The van der Waals surface area contributed by atoms with Crippen LogP contribution in [0, 0.1) is 0 Å². The van der Waals surface area contributed by atoms with Crippen LogP contribution in [-0.4, -0.2) is 44.3 Å². The second-order valence-corrected chi connectivity index (χ2v) is 14.4. The second kappa shape index (κ2) is 7.71. The van der Waals surface area contributed by atoms with Gasteiger partial charge in [-0.05, 0) is 80.8 Å². The van der Waals surface area contributed by atoms with E-state index in [9.17, 15) is 4.79 Å². The fourth-order valence-electron chi connectivity index (χ4n) is 2.68. The smallest absolute Gasteiger partial charge is 0.457 e. The molecule has 1 aliphatic heterocycles. The van der Waals surface area contributed by atoms with Crippen LogP contribution in [0.2, 0.25) is 26.0 Å². The Bertz CT molecular complexity index is 449. The van der Waals surface area contributed by atoms with Gasteiger partial charge in [0.2, 0.25) is 0 Å². The van der Waals surface area contributed by atoms with Gasteiger partial charge in [-0.1, -0.05) is 0 Å². The van der Waals surface area contributed by atoms with Crippen molar-refractivity contribution in [3.8, 4) is 0 Å². The molecule has 0 bridgehead atoms. The van der Waals surface area contributed by atoms with Crippen molar-refractivity contribution in [1.29, 1.82) is 0 Å². The van der Waals surface area contributed by atoms with Gasteiger partial charge in [0.15, 0.2) is 8.32 Å². The highest BCUT2D eigenvalue weighted by Gasteiger charge is 2.50. The molecule has 1 saturated heterocycles. The van der Waals surface area contributed by atoms with Gasteiger partial charge in [-0.3, -0.25) is 4.79 Å². The van der Waals surface area contributed by atoms with Crippen molar-refractivity contribution in [1.82, 2.24) is 0 Å². The lowest BCUT2D eigenvalue weighted by atomic mass is 9.81. The molecule has 0 aromatic heterocycles. The molecule has 1 fully saturated rings. The molecule has 0 aromatic rings. The van der Waals surface area contributed by atoms with E-state index < -0.39 is 13.9 Å². The predicted molar refractivity (Wildman–Crippen MR) is 104 cm³/mol. The molecule has 25 heavy (non-hydrogen) atoms. The summed E-state index contributed by atoms with van der Waals surface area (Å²) in [5.74, 6) is -0.218. The molecule has 146 valence electrons. The lowest BCUT2D eigenvalue weighted by Gasteiger charge is -2.32. The maximum absolute atomic E-state index is 12.2. The summed E-state index contributed by atoms with van der Waals surface area (Å²) in [5, 5.41) is 0. The Kier molecular flexibility index (Phi) is 6.99. The van der Waals surface area contributed by atoms with Crippen LogP contribution in [-0.2, 0) is 23.3 Å². The maximum Gasteiger partial charge on any atom is 0.457 e. The number of hydrogen-bond donors (Lipinski definition) is 0. The molecule has 0 unspecified atom stereocenters. The summed E-state index contributed by atoms with van der Waals surface area (Å²) in [5.41, 5.74) is -1.15. The van der Waals surface area contributed by atoms with E-state index in [0.717, 1.165) is 0 Å². The minimum absolute atomic E-state index is 0.166. The largest absolute Gasteiger partial charge is 0.460 e. The molecular weight excluding hydrogens is 335 g/mol. The summed E-state index contributed by atoms with van der Waals surface area (Å²) < 4.78 is 23.8. The summed E-state index contributed by atoms with van der Waals surface area (Å²) in [6.07, 6.45) is 1.51. The van der Waals surface area contributed by atoms with E-state index in [-0.39, 0.29) is 36.8 Å². The number of carbonyl (C=O) groups excluding carboxylic acids is 1. The normalized spacial score (nSPS) is 21.3. The highest BCUT2D eigenvalue weighted by Crippen LogP contribution is 2.38. The SMILES string of the molecule is CC(C)(C)OC(=O)C[C@H](CCB1OC(C)(C)C(C)(C)O1)O[Si](C)(C)C.